The van der Waals surface area contributed by atoms with E-state index in [4.69, 9.17) is 14.7 Å². The lowest BCUT2D eigenvalue weighted by molar-refractivity contribution is -0.119. The third-order valence-corrected chi connectivity index (χ3v) is 8.12. The number of nitrogens with one attached hydrogen (secondary N) is 2. The predicted molar refractivity (Wildman–Crippen MR) is 174 cm³/mol. The number of methoxy groups -OCH3 is 1. The van der Waals surface area contributed by atoms with Crippen molar-refractivity contribution in [2.45, 2.75) is 53.2 Å². The highest BCUT2D eigenvalue weighted by atomic mass is 32.2. The van der Waals surface area contributed by atoms with Gasteiger partial charge in [-0.1, -0.05) is 39.8 Å². The Balaban J connectivity index is 0.00000216. The lowest BCUT2D eigenvalue weighted by atomic mass is 10.1. The molecule has 4 rings (SSSR count). The summed E-state index contributed by atoms with van der Waals surface area (Å²) in [6.45, 7) is 13.5. The molecule has 0 atom stereocenters. The van der Waals surface area contributed by atoms with Gasteiger partial charge in [0.2, 0.25) is 11.9 Å². The van der Waals surface area contributed by atoms with Gasteiger partial charge in [0, 0.05) is 28.1 Å². The van der Waals surface area contributed by atoms with Gasteiger partial charge in [0.25, 0.3) is 0 Å². The number of amides is 1. The number of carbonyl (C=O) groups excluding carboxylic acids is 1. The van der Waals surface area contributed by atoms with Gasteiger partial charge in [0.05, 0.1) is 29.6 Å². The lowest BCUT2D eigenvalue weighted by Gasteiger charge is -2.21. The highest BCUT2D eigenvalue weighted by Gasteiger charge is 2.27. The molecule has 8 nitrogen and oxygen atoms in total. The number of likely N-dealkylation sites (N-methyl/N-ethyl adjacent to an activating group) is 1. The third kappa shape index (κ3) is 7.35. The van der Waals surface area contributed by atoms with Crippen LogP contribution in [0.3, 0.4) is 0 Å². The van der Waals surface area contributed by atoms with Crippen molar-refractivity contribution in [3.8, 4) is 5.75 Å². The van der Waals surface area contributed by atoms with Gasteiger partial charge in [-0.15, -0.1) is 23.1 Å². The van der Waals surface area contributed by atoms with Crippen LogP contribution in [0, 0.1) is 0 Å². The highest BCUT2D eigenvalue weighted by molar-refractivity contribution is 8.03. The first-order valence-electron chi connectivity index (χ1n) is 13.7. The minimum atomic E-state index is 0.0743. The number of hydrogen-bond acceptors (Lipinski definition) is 9. The van der Waals surface area contributed by atoms with Gasteiger partial charge in [0.1, 0.15) is 5.75 Å². The fourth-order valence-corrected chi connectivity index (χ4v) is 6.08. The zero-order chi connectivity index (χ0) is 29.4. The molecule has 0 fully saturated rings. The molecule has 10 heteroatoms. The Hall–Kier alpha value is -3.08. The number of ether oxygens (including phenoxy) is 1. The summed E-state index contributed by atoms with van der Waals surface area (Å²) >= 11 is 3.42. The van der Waals surface area contributed by atoms with Gasteiger partial charge in [-0.3, -0.25) is 4.79 Å². The second-order valence-corrected chi connectivity index (χ2v) is 12.1. The molecule has 0 spiro atoms. The van der Waals surface area contributed by atoms with Crippen molar-refractivity contribution in [1.82, 2.24) is 14.9 Å². The molecule has 0 aliphatic carbocycles. The molecule has 0 unspecified atom stereocenters. The van der Waals surface area contributed by atoms with Crippen LogP contribution >= 0.6 is 23.1 Å². The molecule has 2 aromatic heterocycles. The van der Waals surface area contributed by atoms with Crippen LogP contribution in [-0.2, 0) is 11.2 Å². The third-order valence-electron chi connectivity index (χ3n) is 6.03. The molecule has 1 aromatic carbocycles. The number of allylic oxidation sites excluding steroid dienone is 2. The first kappa shape index (κ1) is 31.4. The van der Waals surface area contributed by atoms with Crippen molar-refractivity contribution in [2.75, 3.05) is 49.8 Å². The van der Waals surface area contributed by atoms with E-state index in [1.807, 2.05) is 80.0 Å². The molecular formula is C30H42N6O2S2. The average Bonchev–Trinajstić information content (AvgIpc) is 3.57. The van der Waals surface area contributed by atoms with E-state index in [0.29, 0.717) is 35.7 Å². The first-order valence-corrected chi connectivity index (χ1v) is 15.4. The normalized spacial score (nSPS) is 13.4. The van der Waals surface area contributed by atoms with Crippen LogP contribution in [0.2, 0.25) is 0 Å². The number of nitrogens with zero attached hydrogens (tertiary/aromatic N) is 4. The summed E-state index contributed by atoms with van der Waals surface area (Å²) in [6, 6.07) is 5.97. The van der Waals surface area contributed by atoms with Gasteiger partial charge < -0.3 is 25.2 Å². The number of aromatic nitrogens is 2. The molecule has 1 aliphatic rings. The zero-order valence-corrected chi connectivity index (χ0v) is 26.7. The standard InChI is InChI=1S/C28H36N6O2S2.C2H6/c1-8-19(24(9-2)38-17(3)4)29-27-26-20(11-13-37-26)30-28(32-27)31-21-15-22-18(14-23(21)36-7)10-12-34(22)25(35)16-33(5)6;1-2/h8-9,11,13-15,17H,10,12,16H2,1-7H3,(H2,29,30,31,32);1-2H3/b19-8+,24-9+;. The van der Waals surface area contributed by atoms with Crippen LogP contribution in [-0.4, -0.2) is 60.3 Å². The van der Waals surface area contributed by atoms with E-state index < -0.39 is 0 Å². The summed E-state index contributed by atoms with van der Waals surface area (Å²) in [7, 11) is 5.45. The molecule has 40 heavy (non-hydrogen) atoms. The average molecular weight is 583 g/mol. The Morgan fingerprint density at radius 2 is 1.98 bits per heavy atom. The van der Waals surface area contributed by atoms with Crippen LogP contribution in [0.4, 0.5) is 23.1 Å². The lowest BCUT2D eigenvalue weighted by Crippen LogP contribution is -2.36. The van der Waals surface area contributed by atoms with Crippen molar-refractivity contribution in [2.24, 2.45) is 0 Å². The molecular weight excluding hydrogens is 541 g/mol. The topological polar surface area (TPSA) is 82.6 Å². The number of hydrogen-bond donors (Lipinski definition) is 2. The predicted octanol–water partition coefficient (Wildman–Crippen LogP) is 7.28. The second-order valence-electron chi connectivity index (χ2n) is 9.52. The van der Waals surface area contributed by atoms with Crippen molar-refractivity contribution >= 4 is 62.4 Å². The van der Waals surface area contributed by atoms with Crippen molar-refractivity contribution in [1.29, 1.82) is 0 Å². The summed E-state index contributed by atoms with van der Waals surface area (Å²) in [5.41, 5.74) is 4.57. The maximum atomic E-state index is 12.9. The molecule has 0 radical (unpaired) electrons. The molecule has 0 bridgehead atoms. The maximum Gasteiger partial charge on any atom is 0.241 e. The Kier molecular flexibility index (Phi) is 11.4. The number of rotatable bonds is 10. The number of benzene rings is 1. The number of anilines is 4. The summed E-state index contributed by atoms with van der Waals surface area (Å²) in [5, 5.41) is 9.40. The largest absolute Gasteiger partial charge is 0.495 e. The highest BCUT2D eigenvalue weighted by Crippen LogP contribution is 2.39. The van der Waals surface area contributed by atoms with E-state index in [1.165, 1.54) is 4.91 Å². The first-order chi connectivity index (χ1) is 19.2. The van der Waals surface area contributed by atoms with Crippen molar-refractivity contribution < 1.29 is 9.53 Å². The van der Waals surface area contributed by atoms with Gasteiger partial charge in [-0.2, -0.15) is 4.98 Å². The Bertz CT molecular complexity index is 1380. The van der Waals surface area contributed by atoms with E-state index in [-0.39, 0.29) is 5.91 Å². The smallest absolute Gasteiger partial charge is 0.241 e. The summed E-state index contributed by atoms with van der Waals surface area (Å²) in [5.74, 6) is 1.96. The molecule has 3 heterocycles. The van der Waals surface area contributed by atoms with E-state index >= 15 is 0 Å². The Morgan fingerprint density at radius 3 is 2.60 bits per heavy atom. The minimum absolute atomic E-state index is 0.0743. The van der Waals surface area contributed by atoms with E-state index in [0.717, 1.165) is 39.4 Å². The zero-order valence-electron chi connectivity index (χ0n) is 25.1. The van der Waals surface area contributed by atoms with Gasteiger partial charge in [-0.05, 0) is 63.5 Å². The van der Waals surface area contributed by atoms with Gasteiger partial charge >= 0.3 is 0 Å². The second kappa shape index (κ2) is 14.5. The summed E-state index contributed by atoms with van der Waals surface area (Å²) < 4.78 is 6.70. The molecule has 2 N–H and O–H groups in total. The minimum Gasteiger partial charge on any atom is -0.495 e. The fourth-order valence-electron chi connectivity index (χ4n) is 4.37. The van der Waals surface area contributed by atoms with Crippen LogP contribution < -0.4 is 20.3 Å². The van der Waals surface area contributed by atoms with E-state index in [2.05, 4.69) is 43.6 Å². The molecule has 3 aromatic rings. The Labute approximate surface area is 246 Å². The SMILES string of the molecule is C/C=C(Nc1nc(Nc2cc3c(cc2OC)CCN3C(=O)CN(C)C)nc2ccsc12)\C(=C/C)SC(C)C.CC. The quantitative estimate of drug-likeness (QED) is 0.241. The summed E-state index contributed by atoms with van der Waals surface area (Å²) in [6.07, 6.45) is 4.99. The van der Waals surface area contributed by atoms with Crippen LogP contribution in [0.15, 0.2) is 46.3 Å². The van der Waals surface area contributed by atoms with E-state index in [9.17, 15) is 4.79 Å². The molecule has 0 saturated carbocycles. The summed E-state index contributed by atoms with van der Waals surface area (Å²) in [4.78, 5) is 27.4. The molecule has 216 valence electrons. The van der Waals surface area contributed by atoms with Crippen molar-refractivity contribution in [3.05, 3.63) is 51.9 Å². The number of carbonyl (C=O) groups is 1. The molecule has 1 amide bonds. The van der Waals surface area contributed by atoms with E-state index in [1.54, 1.807) is 18.4 Å². The van der Waals surface area contributed by atoms with Crippen LogP contribution in [0.5, 0.6) is 5.75 Å². The van der Waals surface area contributed by atoms with Crippen LogP contribution in [0.25, 0.3) is 10.2 Å². The van der Waals surface area contributed by atoms with Crippen LogP contribution in [0.1, 0.15) is 47.1 Å². The number of thioether (sulfide) groups is 1. The monoisotopic (exact) mass is 582 g/mol. The van der Waals surface area contributed by atoms with Gasteiger partial charge in [0.15, 0.2) is 5.82 Å². The van der Waals surface area contributed by atoms with Gasteiger partial charge in [-0.25, -0.2) is 4.98 Å². The fraction of sp³-hybridized carbons (Fsp3) is 0.433. The van der Waals surface area contributed by atoms with Crippen molar-refractivity contribution in [3.63, 3.8) is 0 Å². The molecule has 1 aliphatic heterocycles. The number of thiophene rings is 1. The maximum absolute atomic E-state index is 12.9. The molecule has 0 saturated heterocycles. The number of fused-ring (bicyclic) bond motifs is 2. The Morgan fingerprint density at radius 1 is 1.23 bits per heavy atom.